The van der Waals surface area contributed by atoms with Gasteiger partial charge in [-0.05, 0) is 30.5 Å². The van der Waals surface area contributed by atoms with Crippen molar-refractivity contribution in [2.45, 2.75) is 25.4 Å². The quantitative estimate of drug-likeness (QED) is 0.600. The van der Waals surface area contributed by atoms with Crippen molar-refractivity contribution in [1.29, 1.82) is 0 Å². The van der Waals surface area contributed by atoms with Crippen molar-refractivity contribution in [3.8, 4) is 11.3 Å². The second-order valence-electron chi connectivity index (χ2n) is 7.95. The van der Waals surface area contributed by atoms with Crippen LogP contribution in [-0.4, -0.2) is 63.9 Å². The minimum atomic E-state index is -0.247. The summed E-state index contributed by atoms with van der Waals surface area (Å²) in [6.07, 6.45) is 3.63. The van der Waals surface area contributed by atoms with Gasteiger partial charge in [0.15, 0.2) is 0 Å². The Labute approximate surface area is 177 Å². The highest BCUT2D eigenvalue weighted by molar-refractivity contribution is 5.62. The third kappa shape index (κ3) is 5.14. The van der Waals surface area contributed by atoms with E-state index < -0.39 is 0 Å². The molecular formula is C24H29FN4O. The van der Waals surface area contributed by atoms with Crippen LogP contribution in [0.15, 0.2) is 60.8 Å². The fourth-order valence-electron chi connectivity index (χ4n) is 4.30. The first-order valence-corrected chi connectivity index (χ1v) is 10.6. The van der Waals surface area contributed by atoms with Crippen molar-refractivity contribution < 1.29 is 9.50 Å². The molecule has 1 aliphatic heterocycles. The topological polar surface area (TPSA) is 55.4 Å². The van der Waals surface area contributed by atoms with E-state index in [9.17, 15) is 9.50 Å². The second-order valence-corrected chi connectivity index (χ2v) is 7.95. The number of rotatable bonds is 8. The lowest BCUT2D eigenvalue weighted by Gasteiger charge is -2.41. The number of hydrogen-bond donors (Lipinski definition) is 2. The van der Waals surface area contributed by atoms with E-state index >= 15 is 0 Å². The predicted octanol–water partition coefficient (Wildman–Crippen LogP) is 3.33. The summed E-state index contributed by atoms with van der Waals surface area (Å²) in [6.45, 7) is 4.80. The number of aromatic amines is 1. The number of H-pyrrole nitrogens is 1. The first kappa shape index (κ1) is 20.7. The zero-order chi connectivity index (χ0) is 20.8. The Morgan fingerprint density at radius 2 is 1.97 bits per heavy atom. The number of piperazine rings is 1. The highest BCUT2D eigenvalue weighted by Crippen LogP contribution is 2.24. The van der Waals surface area contributed by atoms with Crippen LogP contribution >= 0.6 is 0 Å². The molecule has 2 heterocycles. The minimum Gasteiger partial charge on any atom is -0.396 e. The Kier molecular flexibility index (Phi) is 6.89. The summed E-state index contributed by atoms with van der Waals surface area (Å²) in [6, 6.07) is 17.5. The molecule has 0 saturated carbocycles. The van der Waals surface area contributed by atoms with E-state index in [1.807, 2.05) is 18.3 Å². The molecule has 158 valence electrons. The monoisotopic (exact) mass is 408 g/mol. The van der Waals surface area contributed by atoms with Gasteiger partial charge in [-0.25, -0.2) is 4.39 Å². The SMILES string of the molecule is OCCC1CN(Cc2cn[nH]c2-c2cccc(F)c2)CCN1CCc1ccccc1. The average Bonchev–Trinajstić information content (AvgIpc) is 3.22. The largest absolute Gasteiger partial charge is 0.396 e. The van der Waals surface area contributed by atoms with E-state index in [0.29, 0.717) is 6.04 Å². The number of benzene rings is 2. The molecule has 1 aliphatic rings. The molecule has 0 amide bonds. The van der Waals surface area contributed by atoms with Crippen molar-refractivity contribution in [2.75, 3.05) is 32.8 Å². The average molecular weight is 409 g/mol. The van der Waals surface area contributed by atoms with Crippen molar-refractivity contribution >= 4 is 0 Å². The Bertz CT molecular complexity index is 930. The molecule has 0 aliphatic carbocycles. The number of hydrogen-bond acceptors (Lipinski definition) is 4. The maximum Gasteiger partial charge on any atom is 0.123 e. The summed E-state index contributed by atoms with van der Waals surface area (Å²) in [5, 5.41) is 16.8. The normalized spacial score (nSPS) is 18.0. The van der Waals surface area contributed by atoms with Crippen molar-refractivity contribution in [1.82, 2.24) is 20.0 Å². The molecule has 5 nitrogen and oxygen atoms in total. The van der Waals surface area contributed by atoms with Crippen LogP contribution in [0.25, 0.3) is 11.3 Å². The summed E-state index contributed by atoms with van der Waals surface area (Å²) in [4.78, 5) is 4.91. The van der Waals surface area contributed by atoms with Crippen LogP contribution < -0.4 is 0 Å². The minimum absolute atomic E-state index is 0.195. The molecule has 1 saturated heterocycles. The third-order valence-electron chi connectivity index (χ3n) is 5.91. The molecule has 6 heteroatoms. The first-order chi connectivity index (χ1) is 14.7. The third-order valence-corrected chi connectivity index (χ3v) is 5.91. The van der Waals surface area contributed by atoms with E-state index in [1.54, 1.807) is 6.07 Å². The van der Waals surface area contributed by atoms with E-state index in [0.717, 1.165) is 62.4 Å². The standard InChI is InChI=1S/C24H29FN4O/c25-22-8-4-7-20(15-22)24-21(16-26-27-24)17-28-12-13-29(23(18-28)10-14-30)11-9-19-5-2-1-3-6-19/h1-8,15-16,23,30H,9-14,17-18H2,(H,26,27). The van der Waals surface area contributed by atoms with Gasteiger partial charge in [-0.1, -0.05) is 42.5 Å². The van der Waals surface area contributed by atoms with Gasteiger partial charge in [0.1, 0.15) is 5.82 Å². The number of nitrogens with one attached hydrogen (secondary N) is 1. The van der Waals surface area contributed by atoms with Crippen molar-refractivity contribution in [3.05, 3.63) is 77.7 Å². The zero-order valence-corrected chi connectivity index (χ0v) is 17.2. The van der Waals surface area contributed by atoms with Gasteiger partial charge >= 0.3 is 0 Å². The molecular weight excluding hydrogens is 379 g/mol. The van der Waals surface area contributed by atoms with E-state index in [2.05, 4.69) is 44.3 Å². The van der Waals surface area contributed by atoms with Crippen molar-refractivity contribution in [3.63, 3.8) is 0 Å². The maximum atomic E-state index is 13.6. The van der Waals surface area contributed by atoms with Crippen LogP contribution in [-0.2, 0) is 13.0 Å². The highest BCUT2D eigenvalue weighted by Gasteiger charge is 2.27. The van der Waals surface area contributed by atoms with Crippen LogP contribution in [0.1, 0.15) is 17.5 Å². The van der Waals surface area contributed by atoms with Gasteiger partial charge in [0.05, 0.1) is 11.9 Å². The Morgan fingerprint density at radius 1 is 1.10 bits per heavy atom. The number of aliphatic hydroxyl groups is 1. The van der Waals surface area contributed by atoms with Gasteiger partial charge in [0, 0.05) is 56.5 Å². The van der Waals surface area contributed by atoms with Gasteiger partial charge in [-0.15, -0.1) is 0 Å². The lowest BCUT2D eigenvalue weighted by molar-refractivity contribution is 0.0563. The summed E-state index contributed by atoms with van der Waals surface area (Å²) < 4.78 is 13.6. The van der Waals surface area contributed by atoms with E-state index in [-0.39, 0.29) is 12.4 Å². The first-order valence-electron chi connectivity index (χ1n) is 10.6. The van der Waals surface area contributed by atoms with Crippen LogP contribution in [0.3, 0.4) is 0 Å². The Morgan fingerprint density at radius 3 is 2.77 bits per heavy atom. The fourth-order valence-corrected chi connectivity index (χ4v) is 4.30. The molecule has 1 unspecified atom stereocenters. The Balaban J connectivity index is 1.39. The number of aliphatic hydroxyl groups excluding tert-OH is 1. The molecule has 0 spiro atoms. The highest BCUT2D eigenvalue weighted by atomic mass is 19.1. The number of halogens is 1. The molecule has 30 heavy (non-hydrogen) atoms. The molecule has 1 fully saturated rings. The van der Waals surface area contributed by atoms with Gasteiger partial charge < -0.3 is 5.11 Å². The number of aromatic nitrogens is 2. The lowest BCUT2D eigenvalue weighted by atomic mass is 10.0. The van der Waals surface area contributed by atoms with Crippen LogP contribution in [0.2, 0.25) is 0 Å². The summed E-state index contributed by atoms with van der Waals surface area (Å²) in [5.74, 6) is -0.247. The molecule has 0 bridgehead atoms. The second kappa shape index (κ2) is 9.98. The smallest absolute Gasteiger partial charge is 0.123 e. The van der Waals surface area contributed by atoms with Crippen LogP contribution in [0.4, 0.5) is 4.39 Å². The van der Waals surface area contributed by atoms with Crippen LogP contribution in [0.5, 0.6) is 0 Å². The van der Waals surface area contributed by atoms with E-state index in [1.165, 1.54) is 17.7 Å². The molecule has 0 radical (unpaired) electrons. The van der Waals surface area contributed by atoms with E-state index in [4.69, 9.17) is 0 Å². The summed E-state index contributed by atoms with van der Waals surface area (Å²) in [7, 11) is 0. The Hall–Kier alpha value is -2.54. The molecule has 2 aromatic carbocycles. The molecule has 1 aromatic heterocycles. The summed E-state index contributed by atoms with van der Waals surface area (Å²) >= 11 is 0. The molecule has 4 rings (SSSR count). The fraction of sp³-hybridized carbons (Fsp3) is 0.375. The van der Waals surface area contributed by atoms with Gasteiger partial charge in [0.2, 0.25) is 0 Å². The molecule has 3 aromatic rings. The number of nitrogens with zero attached hydrogens (tertiary/aromatic N) is 3. The van der Waals surface area contributed by atoms with Crippen LogP contribution in [0, 0.1) is 5.82 Å². The van der Waals surface area contributed by atoms with Crippen molar-refractivity contribution in [2.24, 2.45) is 0 Å². The molecule has 2 N–H and O–H groups in total. The zero-order valence-electron chi connectivity index (χ0n) is 17.2. The van der Waals surface area contributed by atoms with Gasteiger partial charge in [-0.2, -0.15) is 5.10 Å². The molecule has 1 atom stereocenters. The maximum absolute atomic E-state index is 13.6. The predicted molar refractivity (Wildman–Crippen MR) is 116 cm³/mol. The lowest BCUT2D eigenvalue weighted by Crippen LogP contribution is -2.53. The van der Waals surface area contributed by atoms with Gasteiger partial charge in [-0.3, -0.25) is 14.9 Å². The summed E-state index contributed by atoms with van der Waals surface area (Å²) in [5.41, 5.74) is 4.11. The van der Waals surface area contributed by atoms with Gasteiger partial charge in [0.25, 0.3) is 0 Å².